The second-order valence-corrected chi connectivity index (χ2v) is 7.60. The van der Waals surface area contributed by atoms with Crippen molar-refractivity contribution in [1.29, 1.82) is 0 Å². The number of benzene rings is 2. The van der Waals surface area contributed by atoms with E-state index in [-0.39, 0.29) is 30.2 Å². The summed E-state index contributed by atoms with van der Waals surface area (Å²) >= 11 is 6.07. The Kier molecular flexibility index (Phi) is 6.04. The Morgan fingerprint density at radius 1 is 1.00 bits per heavy atom. The molecule has 1 aliphatic rings. The second-order valence-electron chi connectivity index (χ2n) is 7.17. The molecule has 0 saturated carbocycles. The fourth-order valence-electron chi connectivity index (χ4n) is 3.19. The lowest BCUT2D eigenvalue weighted by molar-refractivity contribution is -0.118. The molecule has 4 rings (SSSR count). The van der Waals surface area contributed by atoms with Crippen molar-refractivity contribution in [1.82, 2.24) is 0 Å². The van der Waals surface area contributed by atoms with Crippen molar-refractivity contribution in [2.75, 3.05) is 15.6 Å². The van der Waals surface area contributed by atoms with Crippen molar-refractivity contribution >= 4 is 52.1 Å². The molecule has 3 amide bonds. The van der Waals surface area contributed by atoms with E-state index in [1.54, 1.807) is 24.3 Å². The Labute approximate surface area is 188 Å². The highest BCUT2D eigenvalue weighted by atomic mass is 35.5. The van der Waals surface area contributed by atoms with E-state index in [9.17, 15) is 14.4 Å². The fourth-order valence-corrected chi connectivity index (χ4v) is 3.37. The maximum Gasteiger partial charge on any atom is 0.291 e. The third kappa shape index (κ3) is 4.70. The van der Waals surface area contributed by atoms with E-state index >= 15 is 0 Å². The zero-order valence-corrected chi connectivity index (χ0v) is 17.8. The van der Waals surface area contributed by atoms with Crippen molar-refractivity contribution in [3.63, 3.8) is 0 Å². The van der Waals surface area contributed by atoms with Gasteiger partial charge < -0.3 is 15.1 Å². The van der Waals surface area contributed by atoms with Crippen LogP contribution >= 0.6 is 11.6 Å². The minimum atomic E-state index is -0.487. The van der Waals surface area contributed by atoms with Crippen LogP contribution in [-0.4, -0.2) is 23.4 Å². The maximum absolute atomic E-state index is 12.9. The SMILES string of the molecule is Cc1cccc(N2N=C(C(=O)Nc3ccc(Cl)cc3NC(=O)c3ccco3)CCC2=O)c1. The number of carbonyl (C=O) groups is 3. The molecular weight excluding hydrogens is 432 g/mol. The van der Waals surface area contributed by atoms with Gasteiger partial charge in [-0.1, -0.05) is 23.7 Å². The Balaban J connectivity index is 1.56. The third-order valence-corrected chi connectivity index (χ3v) is 5.00. The number of halogens is 1. The molecule has 0 bridgehead atoms. The first-order valence-corrected chi connectivity index (χ1v) is 10.2. The second kappa shape index (κ2) is 9.07. The van der Waals surface area contributed by atoms with Crippen LogP contribution in [0, 0.1) is 6.92 Å². The molecule has 0 atom stereocenters. The number of hydrazone groups is 1. The number of rotatable bonds is 5. The van der Waals surface area contributed by atoms with Crippen LogP contribution in [0.15, 0.2) is 70.4 Å². The largest absolute Gasteiger partial charge is 0.459 e. The van der Waals surface area contributed by atoms with Crippen LogP contribution in [-0.2, 0) is 9.59 Å². The van der Waals surface area contributed by atoms with Gasteiger partial charge in [-0.05, 0) is 55.0 Å². The van der Waals surface area contributed by atoms with Crippen molar-refractivity contribution in [3.8, 4) is 0 Å². The van der Waals surface area contributed by atoms with Gasteiger partial charge in [-0.25, -0.2) is 5.01 Å². The predicted molar refractivity (Wildman–Crippen MR) is 122 cm³/mol. The van der Waals surface area contributed by atoms with Gasteiger partial charge in [0, 0.05) is 17.9 Å². The number of aryl methyl sites for hydroxylation is 1. The normalized spacial score (nSPS) is 13.5. The summed E-state index contributed by atoms with van der Waals surface area (Å²) in [5.74, 6) is -1.04. The molecule has 2 N–H and O–H groups in total. The summed E-state index contributed by atoms with van der Waals surface area (Å²) in [6, 6.07) is 15.1. The molecule has 0 aliphatic carbocycles. The average Bonchev–Trinajstić information content (AvgIpc) is 3.31. The lowest BCUT2D eigenvalue weighted by atomic mass is 10.1. The molecule has 0 spiro atoms. The van der Waals surface area contributed by atoms with Gasteiger partial charge in [-0.15, -0.1) is 0 Å². The van der Waals surface area contributed by atoms with E-state index in [2.05, 4.69) is 15.7 Å². The first kappa shape index (κ1) is 21.3. The van der Waals surface area contributed by atoms with Crippen LogP contribution in [0.1, 0.15) is 29.0 Å². The lowest BCUT2D eigenvalue weighted by Crippen LogP contribution is -2.36. The van der Waals surface area contributed by atoms with Crippen LogP contribution in [0.25, 0.3) is 0 Å². The Bertz CT molecular complexity index is 1220. The molecular formula is C23H19ClN4O4. The van der Waals surface area contributed by atoms with Gasteiger partial charge in [0.25, 0.3) is 11.8 Å². The van der Waals surface area contributed by atoms with Crippen LogP contribution < -0.4 is 15.6 Å². The average molecular weight is 451 g/mol. The maximum atomic E-state index is 12.9. The van der Waals surface area contributed by atoms with Crippen LogP contribution in [0.5, 0.6) is 0 Å². The van der Waals surface area contributed by atoms with Gasteiger partial charge in [0.2, 0.25) is 5.91 Å². The minimum Gasteiger partial charge on any atom is -0.459 e. The van der Waals surface area contributed by atoms with Gasteiger partial charge in [0.05, 0.1) is 23.3 Å². The number of anilines is 3. The summed E-state index contributed by atoms with van der Waals surface area (Å²) in [5, 5.41) is 11.3. The predicted octanol–water partition coefficient (Wildman–Crippen LogP) is 4.62. The van der Waals surface area contributed by atoms with Gasteiger partial charge >= 0.3 is 0 Å². The molecule has 0 unspecified atom stereocenters. The molecule has 2 heterocycles. The van der Waals surface area contributed by atoms with Gasteiger partial charge in [0.15, 0.2) is 5.76 Å². The smallest absolute Gasteiger partial charge is 0.291 e. The quantitative estimate of drug-likeness (QED) is 0.592. The van der Waals surface area contributed by atoms with Gasteiger partial charge in [0.1, 0.15) is 5.71 Å². The number of nitrogens with zero attached hydrogens (tertiary/aromatic N) is 2. The molecule has 0 fully saturated rings. The zero-order valence-electron chi connectivity index (χ0n) is 17.1. The minimum absolute atomic E-state index is 0.117. The van der Waals surface area contributed by atoms with E-state index in [4.69, 9.17) is 16.0 Å². The Hall–Kier alpha value is -3.91. The van der Waals surface area contributed by atoms with Gasteiger partial charge in [-0.3, -0.25) is 14.4 Å². The molecule has 0 radical (unpaired) electrons. The number of carbonyl (C=O) groups excluding carboxylic acids is 3. The number of furan rings is 1. The summed E-state index contributed by atoms with van der Waals surface area (Å²) < 4.78 is 5.10. The highest BCUT2D eigenvalue weighted by Gasteiger charge is 2.26. The summed E-state index contributed by atoms with van der Waals surface area (Å²) in [6.07, 6.45) is 1.75. The number of hydrogen-bond acceptors (Lipinski definition) is 5. The van der Waals surface area contributed by atoms with E-state index in [1.807, 2.05) is 25.1 Å². The third-order valence-electron chi connectivity index (χ3n) is 4.76. The molecule has 32 heavy (non-hydrogen) atoms. The Morgan fingerprint density at radius 2 is 1.81 bits per heavy atom. The van der Waals surface area contributed by atoms with Crippen molar-refractivity contribution in [2.45, 2.75) is 19.8 Å². The molecule has 0 saturated heterocycles. The molecule has 8 nitrogen and oxygen atoms in total. The summed E-state index contributed by atoms with van der Waals surface area (Å²) in [6.45, 7) is 1.91. The van der Waals surface area contributed by atoms with Crippen LogP contribution in [0.3, 0.4) is 0 Å². The first-order valence-electron chi connectivity index (χ1n) is 9.83. The van der Waals surface area contributed by atoms with E-state index in [0.29, 0.717) is 22.1 Å². The van der Waals surface area contributed by atoms with Crippen molar-refractivity contribution in [3.05, 3.63) is 77.2 Å². The monoisotopic (exact) mass is 450 g/mol. The molecule has 1 aromatic heterocycles. The van der Waals surface area contributed by atoms with Crippen LogP contribution in [0.4, 0.5) is 17.1 Å². The highest BCUT2D eigenvalue weighted by molar-refractivity contribution is 6.44. The number of nitrogens with one attached hydrogen (secondary N) is 2. The summed E-state index contributed by atoms with van der Waals surface area (Å²) in [7, 11) is 0. The lowest BCUT2D eigenvalue weighted by Gasteiger charge is -2.23. The zero-order chi connectivity index (χ0) is 22.7. The van der Waals surface area contributed by atoms with Crippen LogP contribution in [0.2, 0.25) is 5.02 Å². The molecule has 162 valence electrons. The summed E-state index contributed by atoms with van der Waals surface area (Å²) in [5.41, 5.74) is 2.40. The van der Waals surface area contributed by atoms with E-state index in [1.165, 1.54) is 23.4 Å². The number of hydrogen-bond donors (Lipinski definition) is 2. The molecule has 1 aliphatic heterocycles. The highest BCUT2D eigenvalue weighted by Crippen LogP contribution is 2.27. The molecule has 2 aromatic carbocycles. The molecule has 3 aromatic rings. The number of amides is 3. The Morgan fingerprint density at radius 3 is 2.56 bits per heavy atom. The fraction of sp³-hybridized carbons (Fsp3) is 0.130. The van der Waals surface area contributed by atoms with Crippen molar-refractivity contribution < 1.29 is 18.8 Å². The standard InChI is InChI=1S/C23H19ClN4O4/c1-14-4-2-5-16(12-14)28-21(29)10-9-18(27-28)22(30)25-17-8-7-15(24)13-19(17)26-23(31)20-6-3-11-32-20/h2-8,11-13H,9-10H2,1H3,(H,25,30)(H,26,31). The summed E-state index contributed by atoms with van der Waals surface area (Å²) in [4.78, 5) is 37.7. The first-order chi connectivity index (χ1) is 15.4. The topological polar surface area (TPSA) is 104 Å². The van der Waals surface area contributed by atoms with Gasteiger partial charge in [-0.2, -0.15) is 5.10 Å². The van der Waals surface area contributed by atoms with Crippen molar-refractivity contribution in [2.24, 2.45) is 5.10 Å². The van der Waals surface area contributed by atoms with E-state index in [0.717, 1.165) is 5.56 Å². The van der Waals surface area contributed by atoms with E-state index < -0.39 is 11.8 Å². The molecule has 9 heteroatoms.